The maximum Gasteiger partial charge on any atom is 0.339 e. The topological polar surface area (TPSA) is 155 Å². The first-order chi connectivity index (χ1) is 14.8. The third-order valence-corrected chi connectivity index (χ3v) is 7.21. The van der Waals surface area contributed by atoms with E-state index in [2.05, 4.69) is 6.58 Å². The van der Waals surface area contributed by atoms with Crippen LogP contribution in [0.15, 0.2) is 35.5 Å². The largest absolute Gasteiger partial charge is 0.424 e. The van der Waals surface area contributed by atoms with Crippen LogP contribution in [-0.4, -0.2) is 93.4 Å². The summed E-state index contributed by atoms with van der Waals surface area (Å²) in [6, 6.07) is 0. The lowest BCUT2D eigenvalue weighted by molar-refractivity contribution is -0.298. The first-order valence-corrected chi connectivity index (χ1v) is 10.3. The summed E-state index contributed by atoms with van der Waals surface area (Å²) < 4.78 is 22.9. The molecule has 4 aliphatic heterocycles. The molecule has 2 bridgehead atoms. The van der Waals surface area contributed by atoms with Crippen LogP contribution in [0, 0.1) is 11.8 Å². The van der Waals surface area contributed by atoms with Crippen molar-refractivity contribution in [2.75, 3.05) is 19.8 Å². The van der Waals surface area contributed by atoms with Crippen molar-refractivity contribution in [1.82, 2.24) is 0 Å². The number of hydrogen-bond donors (Lipinski definition) is 5. The highest BCUT2D eigenvalue weighted by Crippen LogP contribution is 2.64. The van der Waals surface area contributed by atoms with E-state index in [0.717, 1.165) is 18.4 Å². The highest BCUT2D eigenvalue weighted by molar-refractivity contribution is 5.94. The number of hydrogen-bond acceptors (Lipinski definition) is 10. The molecule has 0 amide bonds. The summed E-state index contributed by atoms with van der Waals surface area (Å²) in [6.45, 7) is 2.97. The number of rotatable bonds is 5. The molecular formula is C21H26O10. The summed E-state index contributed by atoms with van der Waals surface area (Å²) in [5.74, 6) is -2.39. The van der Waals surface area contributed by atoms with Crippen molar-refractivity contribution in [2.24, 2.45) is 11.8 Å². The molecule has 2 saturated heterocycles. The van der Waals surface area contributed by atoms with Gasteiger partial charge in [0.2, 0.25) is 5.79 Å². The van der Waals surface area contributed by atoms with E-state index < -0.39 is 54.7 Å². The van der Waals surface area contributed by atoms with E-state index in [1.165, 1.54) is 0 Å². The highest BCUT2D eigenvalue weighted by Gasteiger charge is 2.71. The third-order valence-electron chi connectivity index (χ3n) is 7.21. The molecule has 1 aliphatic carbocycles. The Bertz CT molecular complexity index is 864. The maximum atomic E-state index is 12.8. The van der Waals surface area contributed by atoms with E-state index in [1.54, 1.807) is 12.2 Å². The quantitative estimate of drug-likeness (QED) is 0.247. The van der Waals surface area contributed by atoms with Gasteiger partial charge in [0.1, 0.15) is 30.0 Å². The van der Waals surface area contributed by atoms with Crippen molar-refractivity contribution in [3.63, 3.8) is 0 Å². The summed E-state index contributed by atoms with van der Waals surface area (Å²) in [5.41, 5.74) is 0.591. The Labute approximate surface area is 178 Å². The van der Waals surface area contributed by atoms with Crippen molar-refractivity contribution in [1.29, 1.82) is 0 Å². The number of carbonyl (C=O) groups excluding carboxylic acids is 1. The molecule has 0 unspecified atom stereocenters. The van der Waals surface area contributed by atoms with E-state index in [9.17, 15) is 30.3 Å². The second kappa shape index (κ2) is 7.19. The van der Waals surface area contributed by atoms with E-state index in [4.69, 9.17) is 18.9 Å². The molecule has 170 valence electrons. The minimum Gasteiger partial charge on any atom is -0.424 e. The molecule has 10 nitrogen and oxygen atoms in total. The average molecular weight is 438 g/mol. The fourth-order valence-electron chi connectivity index (χ4n) is 5.62. The van der Waals surface area contributed by atoms with Gasteiger partial charge in [-0.15, -0.1) is 0 Å². The lowest BCUT2D eigenvalue weighted by Gasteiger charge is -2.39. The zero-order chi connectivity index (χ0) is 22.1. The molecule has 1 saturated carbocycles. The summed E-state index contributed by atoms with van der Waals surface area (Å²) in [7, 11) is 0. The average Bonchev–Trinajstić information content (AvgIpc) is 3.35. The minimum absolute atomic E-state index is 0.0720. The summed E-state index contributed by atoms with van der Waals surface area (Å²) >= 11 is 0. The van der Waals surface area contributed by atoms with Gasteiger partial charge >= 0.3 is 5.97 Å². The monoisotopic (exact) mass is 438 g/mol. The Kier molecular flexibility index (Phi) is 4.92. The first kappa shape index (κ1) is 21.2. The number of aliphatic hydroxyl groups is 5. The molecule has 4 heterocycles. The van der Waals surface area contributed by atoms with Gasteiger partial charge in [-0.1, -0.05) is 18.2 Å². The van der Waals surface area contributed by atoms with E-state index in [-0.39, 0.29) is 30.6 Å². The van der Waals surface area contributed by atoms with Gasteiger partial charge in [0.15, 0.2) is 6.29 Å². The van der Waals surface area contributed by atoms with Crippen molar-refractivity contribution < 1.29 is 49.3 Å². The number of ether oxygens (including phenoxy) is 4. The van der Waals surface area contributed by atoms with E-state index in [1.807, 2.05) is 0 Å². The molecule has 5 N–H and O–H groups in total. The van der Waals surface area contributed by atoms with Gasteiger partial charge in [-0.25, -0.2) is 4.79 Å². The van der Waals surface area contributed by atoms with Crippen molar-refractivity contribution >= 4 is 5.97 Å². The van der Waals surface area contributed by atoms with Gasteiger partial charge in [0.05, 0.1) is 31.3 Å². The van der Waals surface area contributed by atoms with Gasteiger partial charge in [-0.3, -0.25) is 0 Å². The summed E-state index contributed by atoms with van der Waals surface area (Å²) in [5, 5.41) is 49.4. The number of fused-ring (bicyclic) bond motifs is 3. The lowest BCUT2D eigenvalue weighted by Crippen LogP contribution is -2.59. The molecule has 1 spiro atoms. The Morgan fingerprint density at radius 2 is 1.97 bits per heavy atom. The SMILES string of the molecule is C=C1CC[C@H]2[C@@H]1[C@]13OC(=O)C(CO[C@H]4O[C@@H](CO)[C@H](O)[C@@H](O)[C@@H]4O)=C1C=C[C@@]2(CO)O3. The van der Waals surface area contributed by atoms with Crippen molar-refractivity contribution in [2.45, 2.75) is 54.9 Å². The number of aliphatic hydroxyl groups excluding tert-OH is 5. The molecule has 5 rings (SSSR count). The zero-order valence-corrected chi connectivity index (χ0v) is 16.7. The summed E-state index contributed by atoms with van der Waals surface area (Å²) in [6.07, 6.45) is -2.21. The van der Waals surface area contributed by atoms with Gasteiger partial charge in [0.25, 0.3) is 0 Å². The lowest BCUT2D eigenvalue weighted by atomic mass is 9.80. The minimum atomic E-state index is -1.59. The molecule has 5 aliphatic rings. The molecule has 3 fully saturated rings. The van der Waals surface area contributed by atoms with Crippen LogP contribution in [-0.2, 0) is 23.7 Å². The van der Waals surface area contributed by atoms with Gasteiger partial charge in [0, 0.05) is 11.5 Å². The second-order valence-electron chi connectivity index (χ2n) is 8.79. The Hall–Kier alpha value is -1.63. The molecule has 0 aromatic rings. The highest BCUT2D eigenvalue weighted by atomic mass is 16.7. The number of esters is 1. The van der Waals surface area contributed by atoms with Crippen LogP contribution in [0.3, 0.4) is 0 Å². The Morgan fingerprint density at radius 1 is 1.19 bits per heavy atom. The Morgan fingerprint density at radius 3 is 2.68 bits per heavy atom. The third kappa shape index (κ3) is 2.77. The van der Waals surface area contributed by atoms with Crippen LogP contribution < -0.4 is 0 Å². The standard InChI is InChI=1S/C21H26O10/c1-9-2-3-12-14(9)21-11(4-5-20(12,8-23)31-21)10(18(27)30-21)7-28-19-17(26)16(25)15(24)13(6-22)29-19/h4-5,12-17,19,22-26H,1-3,6-8H2/t12-,13-,14+,15-,16+,17-,19-,20-,21-/m0/s1. The first-order valence-electron chi connectivity index (χ1n) is 10.3. The normalized spacial score (nSPS) is 48.2. The van der Waals surface area contributed by atoms with Crippen LogP contribution in [0.2, 0.25) is 0 Å². The maximum absolute atomic E-state index is 12.8. The fraction of sp³-hybridized carbons (Fsp3) is 0.667. The van der Waals surface area contributed by atoms with Gasteiger partial charge in [-0.2, -0.15) is 0 Å². The molecule has 31 heavy (non-hydrogen) atoms. The molecule has 9 atom stereocenters. The number of carbonyl (C=O) groups is 1. The fourth-order valence-corrected chi connectivity index (χ4v) is 5.62. The van der Waals surface area contributed by atoms with Crippen LogP contribution in [0.4, 0.5) is 0 Å². The molecule has 0 aromatic carbocycles. The molecule has 0 aromatic heterocycles. The molecule has 0 radical (unpaired) electrons. The van der Waals surface area contributed by atoms with E-state index >= 15 is 0 Å². The van der Waals surface area contributed by atoms with Crippen LogP contribution in [0.25, 0.3) is 0 Å². The predicted octanol–water partition coefficient (Wildman–Crippen LogP) is -1.73. The predicted molar refractivity (Wildman–Crippen MR) is 101 cm³/mol. The van der Waals surface area contributed by atoms with Crippen LogP contribution in [0.1, 0.15) is 12.8 Å². The van der Waals surface area contributed by atoms with Gasteiger partial charge in [-0.05, 0) is 18.9 Å². The smallest absolute Gasteiger partial charge is 0.339 e. The van der Waals surface area contributed by atoms with Crippen LogP contribution in [0.5, 0.6) is 0 Å². The summed E-state index contributed by atoms with van der Waals surface area (Å²) in [4.78, 5) is 12.8. The Balaban J connectivity index is 1.43. The van der Waals surface area contributed by atoms with E-state index in [0.29, 0.717) is 5.57 Å². The zero-order valence-electron chi connectivity index (χ0n) is 16.7. The van der Waals surface area contributed by atoms with Crippen molar-refractivity contribution in [3.05, 3.63) is 35.5 Å². The molecule has 10 heteroatoms. The van der Waals surface area contributed by atoms with Gasteiger partial charge < -0.3 is 44.5 Å². The van der Waals surface area contributed by atoms with Crippen LogP contribution >= 0.6 is 0 Å². The second-order valence-corrected chi connectivity index (χ2v) is 8.79. The molecular weight excluding hydrogens is 412 g/mol. The van der Waals surface area contributed by atoms with Crippen molar-refractivity contribution in [3.8, 4) is 0 Å².